The van der Waals surface area contributed by atoms with E-state index in [1.165, 1.54) is 19.3 Å². The van der Waals surface area contributed by atoms with Crippen molar-refractivity contribution in [2.45, 2.75) is 39.5 Å². The zero-order chi connectivity index (χ0) is 13.7. The van der Waals surface area contributed by atoms with Crippen molar-refractivity contribution >= 4 is 11.6 Å². The lowest BCUT2D eigenvalue weighted by atomic mass is 10.2. The van der Waals surface area contributed by atoms with Gasteiger partial charge < -0.3 is 9.72 Å². The second-order valence-corrected chi connectivity index (χ2v) is 4.91. The maximum absolute atomic E-state index is 11.9. The Morgan fingerprint density at radius 2 is 2.21 bits per heavy atom. The van der Waals surface area contributed by atoms with Crippen LogP contribution in [-0.4, -0.2) is 21.8 Å². The predicted octanol–water partition coefficient (Wildman–Crippen LogP) is 2.95. The molecule has 0 aliphatic heterocycles. The molecular weight excluding hydrogens is 238 g/mol. The number of rotatable bonds is 6. The summed E-state index contributed by atoms with van der Waals surface area (Å²) in [6, 6.07) is 3.97. The Bertz CT molecular complexity index is 560. The minimum atomic E-state index is -0.0853. The van der Waals surface area contributed by atoms with Gasteiger partial charge in [0, 0.05) is 18.9 Å². The second kappa shape index (κ2) is 6.36. The summed E-state index contributed by atoms with van der Waals surface area (Å²) in [5, 5.41) is 2.92. The summed E-state index contributed by atoms with van der Waals surface area (Å²) in [6.45, 7) is 4.92. The second-order valence-electron chi connectivity index (χ2n) is 4.91. The first-order valence-electron chi connectivity index (χ1n) is 6.94. The van der Waals surface area contributed by atoms with Gasteiger partial charge in [-0.25, -0.2) is 4.98 Å². The van der Waals surface area contributed by atoms with E-state index in [1.807, 2.05) is 29.7 Å². The van der Waals surface area contributed by atoms with Gasteiger partial charge in [0.05, 0.1) is 0 Å². The molecule has 2 heterocycles. The van der Waals surface area contributed by atoms with E-state index in [0.717, 1.165) is 24.2 Å². The molecule has 0 atom stereocenters. The van der Waals surface area contributed by atoms with Crippen LogP contribution in [0.5, 0.6) is 0 Å². The summed E-state index contributed by atoms with van der Waals surface area (Å²) >= 11 is 0. The third-order valence-corrected chi connectivity index (χ3v) is 3.16. The zero-order valence-corrected chi connectivity index (χ0v) is 11.6. The van der Waals surface area contributed by atoms with Crippen LogP contribution in [0.25, 0.3) is 5.65 Å². The number of amides is 1. The highest BCUT2D eigenvalue weighted by molar-refractivity contribution is 5.92. The molecule has 1 N–H and O–H groups in total. The van der Waals surface area contributed by atoms with Gasteiger partial charge in [-0.3, -0.25) is 4.79 Å². The molecular formula is C15H21N3O. The Labute approximate surface area is 113 Å². The molecule has 0 spiro atoms. The number of unbranched alkanes of at least 4 members (excludes halogenated alkanes) is 3. The predicted molar refractivity (Wildman–Crippen MR) is 76.4 cm³/mol. The lowest BCUT2D eigenvalue weighted by Gasteiger charge is -2.01. The molecule has 0 saturated heterocycles. The van der Waals surface area contributed by atoms with E-state index in [4.69, 9.17) is 0 Å². The Hall–Kier alpha value is -1.84. The number of fused-ring (bicyclic) bond motifs is 1. The number of pyridine rings is 1. The van der Waals surface area contributed by atoms with E-state index in [-0.39, 0.29) is 5.91 Å². The number of carbonyl (C=O) groups is 1. The average Bonchev–Trinajstić information content (AvgIpc) is 2.81. The van der Waals surface area contributed by atoms with Gasteiger partial charge in [0.2, 0.25) is 0 Å². The Morgan fingerprint density at radius 3 is 3.00 bits per heavy atom. The van der Waals surface area contributed by atoms with Gasteiger partial charge in [0.15, 0.2) is 0 Å². The van der Waals surface area contributed by atoms with Crippen LogP contribution >= 0.6 is 0 Å². The molecule has 102 valence electrons. The summed E-state index contributed by atoms with van der Waals surface area (Å²) in [5.41, 5.74) is 2.45. The van der Waals surface area contributed by atoms with Crippen molar-refractivity contribution in [3.63, 3.8) is 0 Å². The summed E-state index contributed by atoms with van der Waals surface area (Å²) in [7, 11) is 0. The van der Waals surface area contributed by atoms with E-state index >= 15 is 0 Å². The van der Waals surface area contributed by atoms with Crippen molar-refractivity contribution in [3.8, 4) is 0 Å². The highest BCUT2D eigenvalue weighted by Gasteiger charge is 2.09. The zero-order valence-electron chi connectivity index (χ0n) is 11.6. The number of hydrogen-bond donors (Lipinski definition) is 1. The first-order valence-corrected chi connectivity index (χ1v) is 6.94. The van der Waals surface area contributed by atoms with E-state index < -0.39 is 0 Å². The molecule has 0 aliphatic rings. The molecule has 1 amide bonds. The maximum atomic E-state index is 11.9. The summed E-state index contributed by atoms with van der Waals surface area (Å²) in [4.78, 5) is 16.3. The number of nitrogens with zero attached hydrogens (tertiary/aromatic N) is 2. The largest absolute Gasteiger partial charge is 0.351 e. The van der Waals surface area contributed by atoms with E-state index in [0.29, 0.717) is 5.69 Å². The number of imidazole rings is 1. The Morgan fingerprint density at radius 1 is 1.37 bits per heavy atom. The third-order valence-electron chi connectivity index (χ3n) is 3.16. The lowest BCUT2D eigenvalue weighted by molar-refractivity contribution is 0.0948. The van der Waals surface area contributed by atoms with Crippen molar-refractivity contribution in [2.24, 2.45) is 0 Å². The van der Waals surface area contributed by atoms with Gasteiger partial charge in [-0.05, 0) is 31.0 Å². The fraction of sp³-hybridized carbons (Fsp3) is 0.467. The van der Waals surface area contributed by atoms with Gasteiger partial charge in [0.25, 0.3) is 5.91 Å². The van der Waals surface area contributed by atoms with E-state index in [2.05, 4.69) is 17.2 Å². The van der Waals surface area contributed by atoms with Crippen LogP contribution < -0.4 is 5.32 Å². The summed E-state index contributed by atoms with van der Waals surface area (Å²) in [6.07, 6.45) is 8.34. The number of carbonyl (C=O) groups excluding carboxylic acids is 1. The summed E-state index contributed by atoms with van der Waals surface area (Å²) < 4.78 is 1.87. The first kappa shape index (κ1) is 13.6. The highest BCUT2D eigenvalue weighted by atomic mass is 16.1. The van der Waals surface area contributed by atoms with Crippen LogP contribution in [0.3, 0.4) is 0 Å². The molecule has 19 heavy (non-hydrogen) atoms. The van der Waals surface area contributed by atoms with E-state index in [9.17, 15) is 4.79 Å². The van der Waals surface area contributed by atoms with Crippen molar-refractivity contribution in [1.82, 2.24) is 14.7 Å². The summed E-state index contributed by atoms with van der Waals surface area (Å²) in [5.74, 6) is -0.0853. The molecule has 0 radical (unpaired) electrons. The van der Waals surface area contributed by atoms with Crippen LogP contribution in [0.4, 0.5) is 0 Å². The van der Waals surface area contributed by atoms with Crippen molar-refractivity contribution < 1.29 is 4.79 Å². The first-order chi connectivity index (χ1) is 9.20. The average molecular weight is 259 g/mol. The number of aryl methyl sites for hydroxylation is 1. The smallest absolute Gasteiger partial charge is 0.271 e. The topological polar surface area (TPSA) is 46.4 Å². The Balaban J connectivity index is 1.94. The molecule has 2 aromatic rings. The fourth-order valence-electron chi connectivity index (χ4n) is 2.04. The molecule has 0 bridgehead atoms. The number of nitrogens with one attached hydrogen (secondary N) is 1. The van der Waals surface area contributed by atoms with Crippen LogP contribution in [0.15, 0.2) is 24.5 Å². The minimum Gasteiger partial charge on any atom is -0.351 e. The Kier molecular flexibility index (Phi) is 4.55. The van der Waals surface area contributed by atoms with Gasteiger partial charge >= 0.3 is 0 Å². The third kappa shape index (κ3) is 3.56. The number of hydrogen-bond acceptors (Lipinski definition) is 2. The van der Waals surface area contributed by atoms with Gasteiger partial charge in [-0.15, -0.1) is 0 Å². The van der Waals surface area contributed by atoms with Crippen LogP contribution in [0.1, 0.15) is 48.7 Å². The standard InChI is InChI=1S/C15H21N3O/c1-3-4-5-6-8-16-15(19)13-11-18-9-7-12(2)10-14(18)17-13/h7,9-11H,3-6,8H2,1-2H3,(H,16,19). The van der Waals surface area contributed by atoms with E-state index in [1.54, 1.807) is 6.20 Å². The van der Waals surface area contributed by atoms with Gasteiger partial charge in [-0.1, -0.05) is 26.2 Å². The van der Waals surface area contributed by atoms with Crippen LogP contribution in [-0.2, 0) is 0 Å². The quantitative estimate of drug-likeness (QED) is 0.811. The monoisotopic (exact) mass is 259 g/mol. The lowest BCUT2D eigenvalue weighted by Crippen LogP contribution is -2.24. The van der Waals surface area contributed by atoms with Gasteiger partial charge in [0.1, 0.15) is 11.3 Å². The normalized spacial score (nSPS) is 10.8. The molecule has 2 rings (SSSR count). The maximum Gasteiger partial charge on any atom is 0.271 e. The molecule has 4 heteroatoms. The SMILES string of the molecule is CCCCCCNC(=O)c1cn2ccc(C)cc2n1. The molecule has 2 aromatic heterocycles. The van der Waals surface area contributed by atoms with Crippen LogP contribution in [0, 0.1) is 6.92 Å². The van der Waals surface area contributed by atoms with Crippen molar-refractivity contribution in [2.75, 3.05) is 6.54 Å². The molecule has 0 aromatic carbocycles. The molecule has 0 aliphatic carbocycles. The van der Waals surface area contributed by atoms with Crippen molar-refractivity contribution in [1.29, 1.82) is 0 Å². The fourth-order valence-corrected chi connectivity index (χ4v) is 2.04. The molecule has 4 nitrogen and oxygen atoms in total. The highest BCUT2D eigenvalue weighted by Crippen LogP contribution is 2.07. The minimum absolute atomic E-state index is 0.0853. The van der Waals surface area contributed by atoms with Gasteiger partial charge in [-0.2, -0.15) is 0 Å². The molecule has 0 unspecified atom stereocenters. The molecule has 0 fully saturated rings. The number of aromatic nitrogens is 2. The van der Waals surface area contributed by atoms with Crippen LogP contribution in [0.2, 0.25) is 0 Å². The van der Waals surface area contributed by atoms with Crippen molar-refractivity contribution in [3.05, 3.63) is 35.8 Å². The molecule has 0 saturated carbocycles.